The molecule has 0 aliphatic heterocycles. The first-order valence-corrected chi connectivity index (χ1v) is 9.93. The molecule has 0 bridgehead atoms. The van der Waals surface area contributed by atoms with E-state index in [0.717, 1.165) is 0 Å². The first-order valence-electron chi connectivity index (χ1n) is 9.93. The van der Waals surface area contributed by atoms with Crippen molar-refractivity contribution in [1.29, 1.82) is 0 Å². The van der Waals surface area contributed by atoms with E-state index in [1.165, 1.54) is 24.3 Å². The number of rotatable bonds is 4. The molecule has 2 N–H and O–H groups in total. The molecule has 0 saturated carbocycles. The summed E-state index contributed by atoms with van der Waals surface area (Å²) >= 11 is 0. The van der Waals surface area contributed by atoms with Crippen molar-refractivity contribution >= 4 is 34.3 Å². The predicted molar refractivity (Wildman–Crippen MR) is 119 cm³/mol. The van der Waals surface area contributed by atoms with Gasteiger partial charge in [0.1, 0.15) is 11.6 Å². The van der Waals surface area contributed by atoms with Gasteiger partial charge in [0.05, 0.1) is 33.9 Å². The molecule has 156 valence electrons. The summed E-state index contributed by atoms with van der Waals surface area (Å²) in [7, 11) is 0. The maximum absolute atomic E-state index is 14.3. The number of hydrogen-bond donors (Lipinski definition) is 2. The van der Waals surface area contributed by atoms with Gasteiger partial charge in [-0.1, -0.05) is 48.5 Å². The third kappa shape index (κ3) is 3.22. The Labute approximate surface area is 182 Å². The van der Waals surface area contributed by atoms with E-state index in [2.05, 4.69) is 10.6 Å². The van der Waals surface area contributed by atoms with Crippen LogP contribution in [0.1, 0.15) is 31.8 Å². The van der Waals surface area contributed by atoms with E-state index >= 15 is 0 Å². The zero-order valence-corrected chi connectivity index (χ0v) is 16.7. The standard InChI is InChI=1S/C26H16F2N2O2/c27-17-9-3-5-11-19(17)29-21-13-14-22(30-20-12-6-4-10-18(20)28)24-23(21)25(31)15-7-1-2-8-16(15)26(24)32/h1-14,29-30H. The van der Waals surface area contributed by atoms with E-state index in [0.29, 0.717) is 0 Å². The van der Waals surface area contributed by atoms with Gasteiger partial charge >= 0.3 is 0 Å². The number of halogens is 2. The number of anilines is 4. The molecular formula is C26H16F2N2O2. The predicted octanol–water partition coefficient (Wildman–Crippen LogP) is 6.23. The highest BCUT2D eigenvalue weighted by molar-refractivity contribution is 6.32. The summed E-state index contributed by atoms with van der Waals surface area (Å²) in [6.07, 6.45) is 0. The van der Waals surface area contributed by atoms with Crippen LogP contribution < -0.4 is 10.6 Å². The maximum Gasteiger partial charge on any atom is 0.196 e. The molecular weight excluding hydrogens is 410 g/mol. The van der Waals surface area contributed by atoms with Crippen LogP contribution in [0.15, 0.2) is 84.9 Å². The highest BCUT2D eigenvalue weighted by atomic mass is 19.1. The average Bonchev–Trinajstić information content (AvgIpc) is 2.81. The highest BCUT2D eigenvalue weighted by Crippen LogP contribution is 2.39. The van der Waals surface area contributed by atoms with Crippen molar-refractivity contribution in [3.8, 4) is 0 Å². The second-order valence-electron chi connectivity index (χ2n) is 7.32. The van der Waals surface area contributed by atoms with Gasteiger partial charge in [0.25, 0.3) is 0 Å². The molecule has 0 radical (unpaired) electrons. The lowest BCUT2D eigenvalue weighted by Gasteiger charge is -2.24. The number of ketones is 2. The lowest BCUT2D eigenvalue weighted by molar-refractivity contribution is 0.0980. The normalized spacial score (nSPS) is 12.2. The lowest BCUT2D eigenvalue weighted by Crippen LogP contribution is -2.23. The largest absolute Gasteiger partial charge is 0.353 e. The topological polar surface area (TPSA) is 58.2 Å². The molecule has 4 nitrogen and oxygen atoms in total. The molecule has 6 heteroatoms. The molecule has 1 aliphatic rings. The quantitative estimate of drug-likeness (QED) is 0.358. The Morgan fingerprint density at radius 1 is 0.469 bits per heavy atom. The molecule has 0 unspecified atom stereocenters. The molecule has 0 aromatic heterocycles. The Morgan fingerprint density at radius 3 is 1.25 bits per heavy atom. The molecule has 0 amide bonds. The summed E-state index contributed by atoms with van der Waals surface area (Å²) in [5, 5.41) is 5.87. The van der Waals surface area contributed by atoms with E-state index in [9.17, 15) is 18.4 Å². The Hall–Kier alpha value is -4.32. The molecule has 32 heavy (non-hydrogen) atoms. The Bertz CT molecular complexity index is 1290. The Balaban J connectivity index is 1.70. The van der Waals surface area contributed by atoms with Gasteiger partial charge in [-0.25, -0.2) is 8.78 Å². The van der Waals surface area contributed by atoms with Gasteiger partial charge in [-0.05, 0) is 36.4 Å². The molecule has 5 rings (SSSR count). The fraction of sp³-hybridized carbons (Fsp3) is 0. The fourth-order valence-electron chi connectivity index (χ4n) is 3.85. The number of hydrogen-bond acceptors (Lipinski definition) is 4. The van der Waals surface area contributed by atoms with Crippen LogP contribution in [0.3, 0.4) is 0 Å². The van der Waals surface area contributed by atoms with Crippen molar-refractivity contribution in [2.24, 2.45) is 0 Å². The van der Waals surface area contributed by atoms with Gasteiger partial charge in [-0.3, -0.25) is 9.59 Å². The molecule has 0 heterocycles. The summed E-state index contributed by atoms with van der Waals surface area (Å²) in [5.41, 5.74) is 1.67. The number of fused-ring (bicyclic) bond motifs is 2. The van der Waals surface area contributed by atoms with Gasteiger partial charge in [0, 0.05) is 11.1 Å². The van der Waals surface area contributed by atoms with Gasteiger partial charge in [0.15, 0.2) is 11.6 Å². The molecule has 0 spiro atoms. The highest BCUT2D eigenvalue weighted by Gasteiger charge is 2.34. The minimum absolute atomic E-state index is 0.110. The smallest absolute Gasteiger partial charge is 0.196 e. The van der Waals surface area contributed by atoms with Crippen molar-refractivity contribution in [2.75, 3.05) is 10.6 Å². The summed E-state index contributed by atoms with van der Waals surface area (Å²) in [6.45, 7) is 0. The fourth-order valence-corrected chi connectivity index (χ4v) is 3.85. The zero-order valence-electron chi connectivity index (χ0n) is 16.7. The number of nitrogens with one attached hydrogen (secondary N) is 2. The van der Waals surface area contributed by atoms with Crippen LogP contribution in [0.25, 0.3) is 0 Å². The minimum atomic E-state index is -0.496. The summed E-state index contributed by atoms with van der Waals surface area (Å²) < 4.78 is 28.5. The van der Waals surface area contributed by atoms with Crippen LogP contribution in [0, 0.1) is 11.6 Å². The van der Waals surface area contributed by atoms with Crippen LogP contribution >= 0.6 is 0 Å². The molecule has 1 aliphatic carbocycles. The average molecular weight is 426 g/mol. The van der Waals surface area contributed by atoms with Gasteiger partial charge in [-0.2, -0.15) is 0 Å². The third-order valence-electron chi connectivity index (χ3n) is 5.36. The van der Waals surface area contributed by atoms with Crippen molar-refractivity contribution < 1.29 is 18.4 Å². The first-order chi connectivity index (χ1) is 15.5. The number of carbonyl (C=O) groups excluding carboxylic acids is 2. The van der Waals surface area contributed by atoms with E-state index in [1.807, 2.05) is 0 Å². The molecule has 4 aromatic rings. The van der Waals surface area contributed by atoms with Crippen molar-refractivity contribution in [1.82, 2.24) is 0 Å². The molecule has 0 atom stereocenters. The van der Waals surface area contributed by atoms with E-state index < -0.39 is 11.6 Å². The number of para-hydroxylation sites is 2. The molecule has 0 saturated heterocycles. The van der Waals surface area contributed by atoms with Gasteiger partial charge < -0.3 is 10.6 Å². The van der Waals surface area contributed by atoms with E-state index in [4.69, 9.17) is 0 Å². The number of benzene rings is 4. The zero-order chi connectivity index (χ0) is 22.2. The van der Waals surface area contributed by atoms with Gasteiger partial charge in [0.2, 0.25) is 0 Å². The van der Waals surface area contributed by atoms with Crippen molar-refractivity contribution in [2.45, 2.75) is 0 Å². The monoisotopic (exact) mass is 426 g/mol. The van der Waals surface area contributed by atoms with Crippen LogP contribution in [0.2, 0.25) is 0 Å². The van der Waals surface area contributed by atoms with Crippen molar-refractivity contribution in [3.63, 3.8) is 0 Å². The Kier molecular flexibility index (Phi) is 4.75. The summed E-state index contributed by atoms with van der Waals surface area (Å²) in [5.74, 6) is -1.73. The lowest BCUT2D eigenvalue weighted by atomic mass is 9.82. The van der Waals surface area contributed by atoms with Crippen LogP contribution in [-0.2, 0) is 0 Å². The third-order valence-corrected chi connectivity index (χ3v) is 5.36. The maximum atomic E-state index is 14.3. The molecule has 0 fully saturated rings. The first kappa shape index (κ1) is 19.6. The van der Waals surface area contributed by atoms with E-state index in [1.54, 1.807) is 60.7 Å². The van der Waals surface area contributed by atoms with Crippen LogP contribution in [0.5, 0.6) is 0 Å². The van der Waals surface area contributed by atoms with Crippen LogP contribution in [-0.4, -0.2) is 11.6 Å². The number of carbonyl (C=O) groups is 2. The summed E-state index contributed by atoms with van der Waals surface area (Å²) in [4.78, 5) is 26.9. The SMILES string of the molecule is O=C1c2ccccc2C(=O)c2c(Nc3ccccc3F)ccc(Nc3ccccc3F)c21. The van der Waals surface area contributed by atoms with Crippen LogP contribution in [0.4, 0.5) is 31.5 Å². The second-order valence-corrected chi connectivity index (χ2v) is 7.32. The Morgan fingerprint density at radius 2 is 0.844 bits per heavy atom. The summed E-state index contributed by atoms with van der Waals surface area (Å²) in [6, 6.07) is 21.8. The second kappa shape index (κ2) is 7.74. The van der Waals surface area contributed by atoms with Crippen molar-refractivity contribution in [3.05, 3.63) is 119 Å². The molecule has 4 aromatic carbocycles. The minimum Gasteiger partial charge on any atom is -0.353 e. The van der Waals surface area contributed by atoms with Gasteiger partial charge in [-0.15, -0.1) is 0 Å². The van der Waals surface area contributed by atoms with E-state index in [-0.39, 0.29) is 56.6 Å².